The van der Waals surface area contributed by atoms with Gasteiger partial charge in [-0.3, -0.25) is 4.79 Å². The van der Waals surface area contributed by atoms with E-state index in [4.69, 9.17) is 4.74 Å². The van der Waals surface area contributed by atoms with Crippen LogP contribution < -0.4 is 4.74 Å². The van der Waals surface area contributed by atoms with Gasteiger partial charge in [0.15, 0.2) is 0 Å². The zero-order valence-corrected chi connectivity index (χ0v) is 16.8. The number of carbonyl (C=O) groups is 1. The van der Waals surface area contributed by atoms with Crippen LogP contribution in [-0.4, -0.2) is 46.2 Å². The van der Waals surface area contributed by atoms with Gasteiger partial charge >= 0.3 is 0 Å². The third-order valence-corrected chi connectivity index (χ3v) is 4.62. The molecule has 0 aliphatic rings. The maximum atomic E-state index is 12.4. The van der Waals surface area contributed by atoms with Gasteiger partial charge in [0.25, 0.3) is 0 Å². The molecule has 0 saturated carbocycles. The number of likely N-dealkylation sites (N-methyl/N-ethyl adjacent to an activating group) is 1. The van der Waals surface area contributed by atoms with Crippen molar-refractivity contribution >= 4 is 12.0 Å². The minimum Gasteiger partial charge on any atom is -0.495 e. The van der Waals surface area contributed by atoms with Crippen LogP contribution in [0.25, 0.3) is 11.8 Å². The number of carbonyl (C=O) groups excluding carboxylic acids is 1. The molecule has 2 aromatic carbocycles. The normalized spacial score (nSPS) is 12.1. The molecule has 0 aliphatic heterocycles. The third-order valence-electron chi connectivity index (χ3n) is 4.62. The smallest absolute Gasteiger partial charge is 0.246 e. The first-order valence-electron chi connectivity index (χ1n) is 9.33. The number of benzene rings is 2. The molecule has 0 saturated heterocycles. The molecule has 1 atom stereocenters. The molecule has 3 rings (SSSR count). The second-order valence-electron chi connectivity index (χ2n) is 6.83. The number of hydrogen-bond donors (Lipinski definition) is 1. The fraction of sp³-hybridized carbons (Fsp3) is 0.217. The topological polar surface area (TPSA) is 67.6 Å². The number of aliphatic hydroxyl groups is 1. The van der Waals surface area contributed by atoms with Crippen LogP contribution in [0.5, 0.6) is 5.75 Å². The number of hydrogen-bond acceptors (Lipinski definition) is 4. The number of methoxy groups -OCH3 is 1. The predicted molar refractivity (Wildman–Crippen MR) is 113 cm³/mol. The standard InChI is InChI=1S/C23H25N3O3/c1-17-14-26(16-24-17)20-11-9-18(13-22(20)29-3)10-12-23(28)25(2)15-21(27)19-7-5-4-6-8-19/h4-14,16,21,27H,15H2,1-3H3. The molecule has 3 aromatic rings. The number of aromatic nitrogens is 2. The van der Waals surface area contributed by atoms with Crippen molar-refractivity contribution in [3.8, 4) is 11.4 Å². The van der Waals surface area contributed by atoms with Crippen LogP contribution in [0.4, 0.5) is 0 Å². The summed E-state index contributed by atoms with van der Waals surface area (Å²) in [6.45, 7) is 2.15. The third kappa shape index (κ3) is 5.12. The lowest BCUT2D eigenvalue weighted by Gasteiger charge is -2.19. The first-order valence-corrected chi connectivity index (χ1v) is 9.33. The molecule has 150 valence electrons. The molecule has 0 fully saturated rings. The van der Waals surface area contributed by atoms with E-state index in [9.17, 15) is 9.90 Å². The fourth-order valence-corrected chi connectivity index (χ4v) is 2.99. The summed E-state index contributed by atoms with van der Waals surface area (Å²) in [7, 11) is 3.28. The molecule has 0 radical (unpaired) electrons. The Bertz CT molecular complexity index is 996. The number of aryl methyl sites for hydroxylation is 1. The van der Waals surface area contributed by atoms with Crippen LogP contribution >= 0.6 is 0 Å². The molecule has 6 nitrogen and oxygen atoms in total. The molecule has 0 aliphatic carbocycles. The molecular formula is C23H25N3O3. The van der Waals surface area contributed by atoms with Crippen molar-refractivity contribution in [1.29, 1.82) is 0 Å². The molecule has 1 amide bonds. The van der Waals surface area contributed by atoms with Crippen LogP contribution in [-0.2, 0) is 4.79 Å². The van der Waals surface area contributed by atoms with Gasteiger partial charge in [0.05, 0.1) is 37.5 Å². The van der Waals surface area contributed by atoms with Crippen molar-refractivity contribution in [3.05, 3.63) is 84.0 Å². The van der Waals surface area contributed by atoms with Gasteiger partial charge in [0, 0.05) is 19.3 Å². The molecule has 29 heavy (non-hydrogen) atoms. The van der Waals surface area contributed by atoms with Gasteiger partial charge in [-0.05, 0) is 36.3 Å². The van der Waals surface area contributed by atoms with Gasteiger partial charge < -0.3 is 19.3 Å². The second-order valence-corrected chi connectivity index (χ2v) is 6.83. The minimum atomic E-state index is -0.725. The number of nitrogens with zero attached hydrogens (tertiary/aromatic N) is 3. The Balaban J connectivity index is 1.67. The maximum Gasteiger partial charge on any atom is 0.246 e. The van der Waals surface area contributed by atoms with E-state index in [2.05, 4.69) is 4.98 Å². The van der Waals surface area contributed by atoms with E-state index in [0.29, 0.717) is 5.75 Å². The van der Waals surface area contributed by atoms with Gasteiger partial charge in [-0.2, -0.15) is 0 Å². The van der Waals surface area contributed by atoms with E-state index in [0.717, 1.165) is 22.5 Å². The highest BCUT2D eigenvalue weighted by Crippen LogP contribution is 2.25. The molecular weight excluding hydrogens is 366 g/mol. The summed E-state index contributed by atoms with van der Waals surface area (Å²) in [5.41, 5.74) is 3.42. The van der Waals surface area contributed by atoms with E-state index in [1.807, 2.05) is 66.2 Å². The highest BCUT2D eigenvalue weighted by atomic mass is 16.5. The van der Waals surface area contributed by atoms with Gasteiger partial charge in [-0.25, -0.2) is 4.98 Å². The Morgan fingerprint density at radius 3 is 2.69 bits per heavy atom. The Kier molecular flexibility index (Phi) is 6.46. The summed E-state index contributed by atoms with van der Waals surface area (Å²) in [5, 5.41) is 10.3. The van der Waals surface area contributed by atoms with E-state index in [1.54, 1.807) is 26.6 Å². The lowest BCUT2D eigenvalue weighted by molar-refractivity contribution is -0.126. The summed E-state index contributed by atoms with van der Waals surface area (Å²) in [5.74, 6) is 0.498. The molecule has 0 spiro atoms. The first kappa shape index (κ1) is 20.4. The monoisotopic (exact) mass is 391 g/mol. The minimum absolute atomic E-state index is 0.187. The quantitative estimate of drug-likeness (QED) is 0.627. The van der Waals surface area contributed by atoms with Crippen LogP contribution in [0, 0.1) is 6.92 Å². The maximum absolute atomic E-state index is 12.4. The van der Waals surface area contributed by atoms with E-state index < -0.39 is 6.10 Å². The van der Waals surface area contributed by atoms with Crippen LogP contribution in [0.1, 0.15) is 22.9 Å². The zero-order chi connectivity index (χ0) is 20.8. The van der Waals surface area contributed by atoms with Crippen LogP contribution in [0.3, 0.4) is 0 Å². The summed E-state index contributed by atoms with van der Waals surface area (Å²) in [6.07, 6.45) is 6.16. The van der Waals surface area contributed by atoms with Gasteiger partial charge in [0.2, 0.25) is 5.91 Å². The SMILES string of the molecule is COc1cc(C=CC(=O)N(C)CC(O)c2ccccc2)ccc1-n1cnc(C)c1. The fourth-order valence-electron chi connectivity index (χ4n) is 2.99. The average Bonchev–Trinajstić information content (AvgIpc) is 3.18. The van der Waals surface area contributed by atoms with Crippen LogP contribution in [0.2, 0.25) is 0 Å². The predicted octanol–water partition coefficient (Wildman–Crippen LogP) is 3.39. The average molecular weight is 391 g/mol. The van der Waals surface area contributed by atoms with Crippen molar-refractivity contribution in [2.24, 2.45) is 0 Å². The largest absolute Gasteiger partial charge is 0.495 e. The number of amides is 1. The molecule has 0 bridgehead atoms. The number of rotatable bonds is 7. The Morgan fingerprint density at radius 2 is 2.03 bits per heavy atom. The van der Waals surface area contributed by atoms with Crippen molar-refractivity contribution in [3.63, 3.8) is 0 Å². The van der Waals surface area contributed by atoms with Crippen molar-refractivity contribution < 1.29 is 14.6 Å². The summed E-state index contributed by atoms with van der Waals surface area (Å²) in [4.78, 5) is 18.1. The first-order chi connectivity index (χ1) is 14.0. The summed E-state index contributed by atoms with van der Waals surface area (Å²) in [6, 6.07) is 15.0. The van der Waals surface area contributed by atoms with Gasteiger partial charge in [-0.15, -0.1) is 0 Å². The number of ether oxygens (including phenoxy) is 1. The summed E-state index contributed by atoms with van der Waals surface area (Å²) < 4.78 is 7.39. The Hall–Kier alpha value is -3.38. The lowest BCUT2D eigenvalue weighted by Crippen LogP contribution is -2.29. The number of aliphatic hydroxyl groups excluding tert-OH is 1. The van der Waals surface area contributed by atoms with E-state index in [1.165, 1.54) is 11.0 Å². The van der Waals surface area contributed by atoms with Gasteiger partial charge in [0.1, 0.15) is 5.75 Å². The molecule has 1 unspecified atom stereocenters. The Morgan fingerprint density at radius 1 is 1.28 bits per heavy atom. The zero-order valence-electron chi connectivity index (χ0n) is 16.8. The van der Waals surface area contributed by atoms with Crippen molar-refractivity contribution in [2.75, 3.05) is 20.7 Å². The summed E-state index contributed by atoms with van der Waals surface area (Å²) >= 11 is 0. The Labute approximate surface area is 170 Å². The lowest BCUT2D eigenvalue weighted by atomic mass is 10.1. The van der Waals surface area contributed by atoms with E-state index >= 15 is 0 Å². The van der Waals surface area contributed by atoms with E-state index in [-0.39, 0.29) is 12.5 Å². The highest BCUT2D eigenvalue weighted by Gasteiger charge is 2.13. The van der Waals surface area contributed by atoms with Crippen molar-refractivity contribution in [2.45, 2.75) is 13.0 Å². The van der Waals surface area contributed by atoms with Gasteiger partial charge in [-0.1, -0.05) is 36.4 Å². The molecule has 1 heterocycles. The number of imidazole rings is 1. The van der Waals surface area contributed by atoms with Crippen molar-refractivity contribution in [1.82, 2.24) is 14.5 Å². The second kappa shape index (κ2) is 9.21. The van der Waals surface area contributed by atoms with Crippen LogP contribution in [0.15, 0.2) is 67.1 Å². The highest BCUT2D eigenvalue weighted by molar-refractivity contribution is 5.91. The molecule has 1 N–H and O–H groups in total. The molecule has 6 heteroatoms. The molecule has 1 aromatic heterocycles.